The minimum atomic E-state index is -0.957. The lowest BCUT2D eigenvalue weighted by Gasteiger charge is -2.03. The van der Waals surface area contributed by atoms with E-state index in [2.05, 4.69) is 10.3 Å². The number of nitrogens with one attached hydrogen (secondary N) is 1. The molecular weight excluding hydrogens is 349 g/mol. The van der Waals surface area contributed by atoms with Crippen molar-refractivity contribution >= 4 is 22.4 Å². The largest absolute Gasteiger partial charge is 0.302 e. The Bertz CT molecular complexity index is 911. The molecule has 3 aromatic rings. The number of carbonyl (C=O) groups is 1. The van der Waals surface area contributed by atoms with Gasteiger partial charge in [-0.15, -0.1) is 11.3 Å². The summed E-state index contributed by atoms with van der Waals surface area (Å²) in [5, 5.41) is 4.61. The molecule has 2 aromatic carbocycles. The molecule has 0 aliphatic rings. The van der Waals surface area contributed by atoms with Crippen LogP contribution in [0.1, 0.15) is 12.0 Å². The number of nitrogens with zero attached hydrogens (tertiary/aromatic N) is 1. The average molecular weight is 362 g/mol. The molecule has 128 valence electrons. The summed E-state index contributed by atoms with van der Waals surface area (Å²) in [7, 11) is 0. The number of amides is 1. The maximum Gasteiger partial charge on any atom is 0.226 e. The fourth-order valence-corrected chi connectivity index (χ4v) is 2.99. The van der Waals surface area contributed by atoms with Crippen molar-refractivity contribution in [3.05, 3.63) is 70.9 Å². The molecule has 0 bridgehead atoms. The van der Waals surface area contributed by atoms with E-state index in [0.717, 1.165) is 12.1 Å². The van der Waals surface area contributed by atoms with Gasteiger partial charge in [0, 0.05) is 17.4 Å². The maximum absolute atomic E-state index is 13.5. The van der Waals surface area contributed by atoms with E-state index in [-0.39, 0.29) is 24.6 Å². The number of benzene rings is 2. The second-order valence-corrected chi connectivity index (χ2v) is 6.16. The van der Waals surface area contributed by atoms with E-state index >= 15 is 0 Å². The van der Waals surface area contributed by atoms with Gasteiger partial charge in [-0.2, -0.15) is 0 Å². The van der Waals surface area contributed by atoms with Crippen LogP contribution in [0, 0.1) is 17.5 Å². The van der Waals surface area contributed by atoms with E-state index in [1.54, 1.807) is 23.6 Å². The molecular formula is C18H13F3N2OS. The summed E-state index contributed by atoms with van der Waals surface area (Å²) in [6.07, 6.45) is 0.390. The van der Waals surface area contributed by atoms with Crippen molar-refractivity contribution in [3.8, 4) is 11.3 Å². The van der Waals surface area contributed by atoms with Crippen LogP contribution in [-0.2, 0) is 11.2 Å². The lowest BCUT2D eigenvalue weighted by molar-refractivity contribution is -0.116. The van der Waals surface area contributed by atoms with Crippen LogP contribution in [0.3, 0.4) is 0 Å². The zero-order chi connectivity index (χ0) is 17.8. The third-order valence-corrected chi connectivity index (χ3v) is 4.30. The third-order valence-electron chi connectivity index (χ3n) is 3.55. The van der Waals surface area contributed by atoms with E-state index in [0.29, 0.717) is 22.0 Å². The molecule has 1 amide bonds. The highest BCUT2D eigenvalue weighted by molar-refractivity contribution is 7.14. The molecule has 0 aliphatic heterocycles. The molecule has 1 aromatic heterocycles. The minimum Gasteiger partial charge on any atom is -0.302 e. The van der Waals surface area contributed by atoms with E-state index < -0.39 is 11.6 Å². The van der Waals surface area contributed by atoms with Gasteiger partial charge in [-0.05, 0) is 36.2 Å². The second-order valence-electron chi connectivity index (χ2n) is 5.31. The molecule has 25 heavy (non-hydrogen) atoms. The Labute approximate surface area is 146 Å². The van der Waals surface area contributed by atoms with Crippen molar-refractivity contribution in [2.75, 3.05) is 5.32 Å². The van der Waals surface area contributed by atoms with Gasteiger partial charge >= 0.3 is 0 Å². The molecule has 0 saturated heterocycles. The summed E-state index contributed by atoms with van der Waals surface area (Å²) in [5.41, 5.74) is 1.33. The Morgan fingerprint density at radius 1 is 1.04 bits per heavy atom. The highest BCUT2D eigenvalue weighted by Crippen LogP contribution is 2.26. The summed E-state index contributed by atoms with van der Waals surface area (Å²) in [4.78, 5) is 16.2. The lowest BCUT2D eigenvalue weighted by Crippen LogP contribution is -2.12. The Morgan fingerprint density at radius 3 is 2.60 bits per heavy atom. The zero-order valence-corrected chi connectivity index (χ0v) is 13.7. The number of carbonyl (C=O) groups excluding carboxylic acids is 1. The summed E-state index contributed by atoms with van der Waals surface area (Å²) in [5.74, 6) is -2.53. The standard InChI is InChI=1S/C18H13F3N2OS/c19-13-4-2-1-3-11(13)6-8-17(24)23-18-22-16(10-25-18)12-5-7-14(20)15(21)9-12/h1-5,7,9-10H,6,8H2,(H,22,23,24). The first kappa shape index (κ1) is 17.2. The van der Waals surface area contributed by atoms with Gasteiger partial charge in [-0.1, -0.05) is 18.2 Å². The van der Waals surface area contributed by atoms with E-state index in [1.165, 1.54) is 23.5 Å². The quantitative estimate of drug-likeness (QED) is 0.708. The van der Waals surface area contributed by atoms with Crippen molar-refractivity contribution in [3.63, 3.8) is 0 Å². The van der Waals surface area contributed by atoms with Crippen LogP contribution >= 0.6 is 11.3 Å². The van der Waals surface area contributed by atoms with Crippen LogP contribution < -0.4 is 5.32 Å². The van der Waals surface area contributed by atoms with Crippen molar-refractivity contribution in [2.45, 2.75) is 12.8 Å². The van der Waals surface area contributed by atoms with Crippen LogP contribution in [0.15, 0.2) is 47.8 Å². The van der Waals surface area contributed by atoms with E-state index in [4.69, 9.17) is 0 Å². The van der Waals surface area contributed by atoms with Gasteiger partial charge < -0.3 is 5.32 Å². The van der Waals surface area contributed by atoms with Crippen LogP contribution in [0.5, 0.6) is 0 Å². The highest BCUT2D eigenvalue weighted by atomic mass is 32.1. The summed E-state index contributed by atoms with van der Waals surface area (Å²) in [6.45, 7) is 0. The number of hydrogen-bond donors (Lipinski definition) is 1. The number of thiazole rings is 1. The van der Waals surface area contributed by atoms with Gasteiger partial charge in [-0.3, -0.25) is 4.79 Å². The number of hydrogen-bond acceptors (Lipinski definition) is 3. The molecule has 1 N–H and O–H groups in total. The molecule has 0 spiro atoms. The fraction of sp³-hybridized carbons (Fsp3) is 0.111. The topological polar surface area (TPSA) is 42.0 Å². The van der Waals surface area contributed by atoms with Gasteiger partial charge in [0.15, 0.2) is 16.8 Å². The normalized spacial score (nSPS) is 10.7. The number of rotatable bonds is 5. The van der Waals surface area contributed by atoms with Gasteiger partial charge in [0.05, 0.1) is 5.69 Å². The average Bonchev–Trinajstić information content (AvgIpc) is 3.05. The molecule has 0 fully saturated rings. The Kier molecular flexibility index (Phi) is 5.14. The summed E-state index contributed by atoms with van der Waals surface area (Å²) >= 11 is 1.17. The van der Waals surface area contributed by atoms with Gasteiger partial charge in [-0.25, -0.2) is 18.2 Å². The minimum absolute atomic E-state index is 0.112. The molecule has 0 aliphatic carbocycles. The number of halogens is 3. The van der Waals surface area contributed by atoms with Crippen LogP contribution in [0.2, 0.25) is 0 Å². The van der Waals surface area contributed by atoms with Gasteiger partial charge in [0.2, 0.25) is 5.91 Å². The zero-order valence-electron chi connectivity index (χ0n) is 12.9. The Hall–Kier alpha value is -2.67. The fourth-order valence-electron chi connectivity index (χ4n) is 2.25. The molecule has 0 radical (unpaired) electrons. The lowest BCUT2D eigenvalue weighted by atomic mass is 10.1. The molecule has 0 unspecified atom stereocenters. The van der Waals surface area contributed by atoms with Crippen molar-refractivity contribution < 1.29 is 18.0 Å². The molecule has 3 nitrogen and oxygen atoms in total. The number of aryl methyl sites for hydroxylation is 1. The monoisotopic (exact) mass is 362 g/mol. The van der Waals surface area contributed by atoms with Gasteiger partial charge in [0.25, 0.3) is 0 Å². The number of aromatic nitrogens is 1. The molecule has 1 heterocycles. The maximum atomic E-state index is 13.5. The third kappa shape index (κ3) is 4.24. The van der Waals surface area contributed by atoms with Gasteiger partial charge in [0.1, 0.15) is 5.82 Å². The molecule has 0 saturated carbocycles. The van der Waals surface area contributed by atoms with Crippen molar-refractivity contribution in [2.24, 2.45) is 0 Å². The predicted molar refractivity (Wildman–Crippen MR) is 90.8 cm³/mol. The van der Waals surface area contributed by atoms with E-state index in [1.807, 2.05) is 0 Å². The second kappa shape index (κ2) is 7.48. The first-order chi connectivity index (χ1) is 12.0. The first-order valence-electron chi connectivity index (χ1n) is 7.47. The van der Waals surface area contributed by atoms with E-state index in [9.17, 15) is 18.0 Å². The van der Waals surface area contributed by atoms with Crippen molar-refractivity contribution in [1.29, 1.82) is 0 Å². The molecule has 3 rings (SSSR count). The molecule has 7 heteroatoms. The van der Waals surface area contributed by atoms with Crippen molar-refractivity contribution in [1.82, 2.24) is 4.98 Å². The Balaban J connectivity index is 1.62. The number of anilines is 1. The smallest absolute Gasteiger partial charge is 0.226 e. The predicted octanol–water partition coefficient (Wildman–Crippen LogP) is 4.80. The molecule has 0 atom stereocenters. The highest BCUT2D eigenvalue weighted by Gasteiger charge is 2.11. The Morgan fingerprint density at radius 2 is 1.84 bits per heavy atom. The SMILES string of the molecule is O=C(CCc1ccccc1F)Nc1nc(-c2ccc(F)c(F)c2)cs1. The summed E-state index contributed by atoms with van der Waals surface area (Å²) < 4.78 is 39.8. The summed E-state index contributed by atoms with van der Waals surface area (Å²) in [6, 6.07) is 9.77. The van der Waals surface area contributed by atoms with Crippen LogP contribution in [-0.4, -0.2) is 10.9 Å². The van der Waals surface area contributed by atoms with Crippen LogP contribution in [0.25, 0.3) is 11.3 Å². The van der Waals surface area contributed by atoms with Crippen LogP contribution in [0.4, 0.5) is 18.3 Å². The first-order valence-corrected chi connectivity index (χ1v) is 8.35.